The molecule has 0 atom stereocenters. The number of esters is 2. The van der Waals surface area contributed by atoms with Crippen molar-refractivity contribution >= 4 is 23.5 Å². The Hall–Kier alpha value is -1.72. The molecule has 0 unspecified atom stereocenters. The Morgan fingerprint density at radius 2 is 1.50 bits per heavy atom. The quantitative estimate of drug-likeness (QED) is 0.544. The minimum atomic E-state index is -0.741. The van der Waals surface area contributed by atoms with Gasteiger partial charge in [0.2, 0.25) is 0 Å². The fourth-order valence-corrected chi connectivity index (χ4v) is 1.30. The molecule has 0 aromatic rings. The van der Waals surface area contributed by atoms with Crippen LogP contribution in [0.5, 0.6) is 0 Å². The molecule has 0 heterocycles. The second-order valence-electron chi connectivity index (χ2n) is 4.08. The first-order valence-electron chi connectivity index (χ1n) is 5.46. The molecule has 6 heteroatoms. The van der Waals surface area contributed by atoms with Crippen molar-refractivity contribution in [1.82, 2.24) is 0 Å². The first-order chi connectivity index (χ1) is 8.30. The summed E-state index contributed by atoms with van der Waals surface area (Å²) in [6.07, 6.45) is 1.21. The Morgan fingerprint density at radius 3 is 1.61 bits per heavy atom. The van der Waals surface area contributed by atoms with Gasteiger partial charge in [0.15, 0.2) is 0 Å². The molecule has 0 aromatic carbocycles. The lowest BCUT2D eigenvalue weighted by atomic mass is 10.0. The Balaban J connectivity index is 0.000000331. The Labute approximate surface area is 106 Å². The van der Waals surface area contributed by atoms with E-state index in [-0.39, 0.29) is 24.0 Å². The monoisotopic (exact) mass is 258 g/mol. The van der Waals surface area contributed by atoms with Crippen molar-refractivity contribution in [2.24, 2.45) is 5.41 Å². The highest BCUT2D eigenvalue weighted by Crippen LogP contribution is 2.47. The van der Waals surface area contributed by atoms with Gasteiger partial charge in [-0.1, -0.05) is 0 Å². The molecule has 0 spiro atoms. The summed E-state index contributed by atoms with van der Waals surface area (Å²) in [6, 6.07) is 0. The predicted octanol–water partition coefficient (Wildman–Crippen LogP) is 0.667. The standard InChI is InChI=1S/C7H10O3.C5H8O3/c1-5(8)7(3-4-7)6(9)10-2;1-4(6)3-5(7)8-2/h3-4H2,1-2H3;3H2,1-2H3. The van der Waals surface area contributed by atoms with Crippen molar-refractivity contribution in [3.63, 3.8) is 0 Å². The summed E-state index contributed by atoms with van der Waals surface area (Å²) in [4.78, 5) is 42.0. The maximum atomic E-state index is 10.9. The first-order valence-corrected chi connectivity index (χ1v) is 5.46. The van der Waals surface area contributed by atoms with Gasteiger partial charge >= 0.3 is 11.9 Å². The molecule has 0 radical (unpaired) electrons. The van der Waals surface area contributed by atoms with E-state index >= 15 is 0 Å². The summed E-state index contributed by atoms with van der Waals surface area (Å²) in [5.74, 6) is -1.09. The molecule has 6 nitrogen and oxygen atoms in total. The number of methoxy groups -OCH3 is 2. The zero-order valence-corrected chi connectivity index (χ0v) is 11.1. The van der Waals surface area contributed by atoms with E-state index in [1.54, 1.807) is 0 Å². The van der Waals surface area contributed by atoms with Crippen LogP contribution in [0.1, 0.15) is 33.1 Å². The van der Waals surface area contributed by atoms with Gasteiger partial charge in [-0.2, -0.15) is 0 Å². The third kappa shape index (κ3) is 4.65. The van der Waals surface area contributed by atoms with E-state index in [2.05, 4.69) is 9.47 Å². The number of hydrogen-bond acceptors (Lipinski definition) is 6. The lowest BCUT2D eigenvalue weighted by molar-refractivity contribution is -0.151. The smallest absolute Gasteiger partial charge is 0.319 e. The number of rotatable bonds is 4. The van der Waals surface area contributed by atoms with Crippen LogP contribution in [0.15, 0.2) is 0 Å². The lowest BCUT2D eigenvalue weighted by Gasteiger charge is -2.06. The van der Waals surface area contributed by atoms with Gasteiger partial charge in [-0.25, -0.2) is 0 Å². The van der Waals surface area contributed by atoms with Crippen molar-refractivity contribution in [1.29, 1.82) is 0 Å². The van der Waals surface area contributed by atoms with Crippen molar-refractivity contribution in [3.8, 4) is 0 Å². The molecule has 0 amide bonds. The van der Waals surface area contributed by atoms with Gasteiger partial charge in [-0.05, 0) is 26.7 Å². The fourth-order valence-electron chi connectivity index (χ4n) is 1.30. The maximum absolute atomic E-state index is 10.9. The van der Waals surface area contributed by atoms with Crippen LogP contribution in [-0.4, -0.2) is 37.7 Å². The number of hydrogen-bond donors (Lipinski definition) is 0. The third-order valence-electron chi connectivity index (χ3n) is 2.62. The average Bonchev–Trinajstić information content (AvgIpc) is 3.09. The summed E-state index contributed by atoms with van der Waals surface area (Å²) < 4.78 is 8.68. The van der Waals surface area contributed by atoms with Gasteiger partial charge in [0, 0.05) is 0 Å². The summed E-state index contributed by atoms with van der Waals surface area (Å²) in [6.45, 7) is 2.78. The summed E-state index contributed by atoms with van der Waals surface area (Å²) in [5.41, 5.74) is -0.741. The third-order valence-corrected chi connectivity index (χ3v) is 2.62. The van der Waals surface area contributed by atoms with Crippen LogP contribution in [0.3, 0.4) is 0 Å². The van der Waals surface area contributed by atoms with E-state index in [9.17, 15) is 19.2 Å². The molecule has 1 rings (SSSR count). The SMILES string of the molecule is COC(=O)C1(C(C)=O)CC1.COC(=O)CC(C)=O. The highest BCUT2D eigenvalue weighted by atomic mass is 16.5. The summed E-state index contributed by atoms with van der Waals surface area (Å²) in [7, 11) is 2.57. The number of carbonyl (C=O) groups is 4. The van der Waals surface area contributed by atoms with Gasteiger partial charge < -0.3 is 9.47 Å². The Kier molecular flexibility index (Phi) is 6.22. The zero-order chi connectivity index (χ0) is 14.3. The number of ether oxygens (including phenoxy) is 2. The molecule has 18 heavy (non-hydrogen) atoms. The fraction of sp³-hybridized carbons (Fsp3) is 0.667. The van der Waals surface area contributed by atoms with Crippen LogP contribution < -0.4 is 0 Å². The molecule has 0 bridgehead atoms. The first kappa shape index (κ1) is 16.3. The normalized spacial score (nSPS) is 14.7. The molecule has 0 aromatic heterocycles. The van der Waals surface area contributed by atoms with Crippen molar-refractivity contribution < 1.29 is 28.7 Å². The van der Waals surface area contributed by atoms with E-state index < -0.39 is 11.4 Å². The van der Waals surface area contributed by atoms with E-state index in [4.69, 9.17) is 0 Å². The number of carbonyl (C=O) groups excluding carboxylic acids is 4. The van der Waals surface area contributed by atoms with Gasteiger partial charge in [0.1, 0.15) is 23.4 Å². The molecule has 1 aliphatic rings. The molecule has 1 fully saturated rings. The van der Waals surface area contributed by atoms with Crippen LogP contribution in [-0.2, 0) is 28.7 Å². The summed E-state index contributed by atoms with van der Waals surface area (Å²) >= 11 is 0. The van der Waals surface area contributed by atoms with Crippen LogP contribution in [0, 0.1) is 5.41 Å². The molecule has 1 saturated carbocycles. The molecular weight excluding hydrogens is 240 g/mol. The second-order valence-corrected chi connectivity index (χ2v) is 4.08. The van der Waals surface area contributed by atoms with Crippen LogP contribution in [0.25, 0.3) is 0 Å². The van der Waals surface area contributed by atoms with Crippen molar-refractivity contribution in [2.45, 2.75) is 33.1 Å². The molecule has 0 saturated heterocycles. The maximum Gasteiger partial charge on any atom is 0.319 e. The molecule has 1 aliphatic carbocycles. The number of Topliss-reactive ketones (excluding diaryl/α,β-unsaturated/α-hetero) is 2. The van der Waals surface area contributed by atoms with Crippen LogP contribution >= 0.6 is 0 Å². The highest BCUT2D eigenvalue weighted by Gasteiger charge is 2.55. The minimum absolute atomic E-state index is 0.0700. The Bertz CT molecular complexity index is 354. The molecule has 102 valence electrons. The van der Waals surface area contributed by atoms with E-state index in [0.29, 0.717) is 12.8 Å². The predicted molar refractivity (Wildman–Crippen MR) is 61.7 cm³/mol. The van der Waals surface area contributed by atoms with Gasteiger partial charge in [-0.15, -0.1) is 0 Å². The van der Waals surface area contributed by atoms with Gasteiger partial charge in [-0.3, -0.25) is 19.2 Å². The average molecular weight is 258 g/mol. The van der Waals surface area contributed by atoms with Gasteiger partial charge in [0.25, 0.3) is 0 Å². The van der Waals surface area contributed by atoms with Crippen LogP contribution in [0.2, 0.25) is 0 Å². The zero-order valence-electron chi connectivity index (χ0n) is 11.1. The summed E-state index contributed by atoms with van der Waals surface area (Å²) in [5, 5.41) is 0. The molecule has 0 aliphatic heterocycles. The molecular formula is C12H18O6. The topological polar surface area (TPSA) is 86.7 Å². The van der Waals surface area contributed by atoms with Crippen molar-refractivity contribution in [3.05, 3.63) is 0 Å². The van der Waals surface area contributed by atoms with Gasteiger partial charge in [0.05, 0.1) is 14.2 Å². The minimum Gasteiger partial charge on any atom is -0.469 e. The highest BCUT2D eigenvalue weighted by molar-refractivity contribution is 6.05. The lowest BCUT2D eigenvalue weighted by Crippen LogP contribution is -2.24. The van der Waals surface area contributed by atoms with Crippen molar-refractivity contribution in [2.75, 3.05) is 14.2 Å². The largest absolute Gasteiger partial charge is 0.469 e. The Morgan fingerprint density at radius 1 is 1.00 bits per heavy atom. The molecule has 0 N–H and O–H groups in total. The van der Waals surface area contributed by atoms with E-state index in [1.165, 1.54) is 28.1 Å². The van der Waals surface area contributed by atoms with E-state index in [1.807, 2.05) is 0 Å². The van der Waals surface area contributed by atoms with E-state index in [0.717, 1.165) is 0 Å². The number of ketones is 2. The van der Waals surface area contributed by atoms with Crippen LogP contribution in [0.4, 0.5) is 0 Å². The second kappa shape index (κ2) is 6.88.